The number of anilines is 1. The number of benzene rings is 1. The fourth-order valence-electron chi connectivity index (χ4n) is 3.72. The van der Waals surface area contributed by atoms with Crippen LogP contribution < -0.4 is 10.1 Å². The average molecular weight is 384 g/mol. The van der Waals surface area contributed by atoms with Crippen LogP contribution in [0.5, 0.6) is 5.75 Å². The summed E-state index contributed by atoms with van der Waals surface area (Å²) in [6, 6.07) is 4.61. The third-order valence-electron chi connectivity index (χ3n) is 4.97. The Morgan fingerprint density at radius 1 is 1.11 bits per heavy atom. The van der Waals surface area contributed by atoms with E-state index < -0.39 is 30.0 Å². The van der Waals surface area contributed by atoms with E-state index in [9.17, 15) is 27.6 Å². The Morgan fingerprint density at radius 3 is 2.33 bits per heavy atom. The summed E-state index contributed by atoms with van der Waals surface area (Å²) < 4.78 is 40.2. The molecule has 2 fully saturated rings. The van der Waals surface area contributed by atoms with Crippen molar-refractivity contribution in [2.24, 2.45) is 5.41 Å². The number of imide groups is 1. The summed E-state index contributed by atoms with van der Waals surface area (Å²) in [6.07, 6.45) is -0.500. The Hall–Kier alpha value is -2.58. The first-order valence-electron chi connectivity index (χ1n) is 8.69. The van der Waals surface area contributed by atoms with Crippen molar-refractivity contribution in [1.29, 1.82) is 0 Å². The molecular weight excluding hydrogens is 365 g/mol. The van der Waals surface area contributed by atoms with Crippen LogP contribution in [0.25, 0.3) is 0 Å². The number of ether oxygens (including phenoxy) is 1. The fraction of sp³-hybridized carbons (Fsp3) is 0.500. The molecule has 0 aromatic heterocycles. The van der Waals surface area contributed by atoms with E-state index in [1.165, 1.54) is 12.1 Å². The van der Waals surface area contributed by atoms with Crippen LogP contribution >= 0.6 is 0 Å². The van der Waals surface area contributed by atoms with Crippen LogP contribution in [0.2, 0.25) is 0 Å². The molecule has 1 N–H and O–H groups in total. The van der Waals surface area contributed by atoms with E-state index in [4.69, 9.17) is 0 Å². The van der Waals surface area contributed by atoms with Gasteiger partial charge >= 0.3 is 6.36 Å². The summed E-state index contributed by atoms with van der Waals surface area (Å²) in [5.74, 6) is -1.65. The maximum Gasteiger partial charge on any atom is 0.573 e. The first kappa shape index (κ1) is 19.2. The minimum Gasteiger partial charge on any atom is -0.406 e. The van der Waals surface area contributed by atoms with E-state index in [1.807, 2.05) is 0 Å². The quantitative estimate of drug-likeness (QED) is 0.809. The molecule has 27 heavy (non-hydrogen) atoms. The van der Waals surface area contributed by atoms with Gasteiger partial charge in [0, 0.05) is 12.1 Å². The lowest BCUT2D eigenvalue weighted by Crippen LogP contribution is -2.41. The van der Waals surface area contributed by atoms with Gasteiger partial charge in [-0.05, 0) is 37.1 Å². The van der Waals surface area contributed by atoms with Crippen molar-refractivity contribution in [3.63, 3.8) is 0 Å². The zero-order chi connectivity index (χ0) is 19.7. The van der Waals surface area contributed by atoms with E-state index in [0.29, 0.717) is 12.8 Å². The number of amides is 3. The Balaban J connectivity index is 1.59. The number of hydrogen-bond acceptors (Lipinski definition) is 4. The molecule has 9 heteroatoms. The Kier molecular flexibility index (Phi) is 5.12. The molecule has 1 saturated heterocycles. The molecule has 1 spiro atoms. The van der Waals surface area contributed by atoms with Crippen molar-refractivity contribution in [3.8, 4) is 5.75 Å². The van der Waals surface area contributed by atoms with Crippen LogP contribution in [0.4, 0.5) is 18.9 Å². The first-order chi connectivity index (χ1) is 12.7. The largest absolute Gasteiger partial charge is 0.573 e. The van der Waals surface area contributed by atoms with Crippen LogP contribution in [0.1, 0.15) is 38.5 Å². The van der Waals surface area contributed by atoms with Gasteiger partial charge in [0.05, 0.1) is 5.41 Å². The standard InChI is InChI=1S/C18H19F3N2O4/c19-18(20,21)27-13-6-4-12(5-7-13)22-14(24)11-23-15(25)10-17(16(23)26)8-2-1-3-9-17/h4-7H,1-3,8-11H2,(H,22,24). The number of likely N-dealkylation sites (tertiary alicyclic amines) is 1. The first-order valence-corrected chi connectivity index (χ1v) is 8.69. The van der Waals surface area contributed by atoms with Crippen molar-refractivity contribution >= 4 is 23.4 Å². The number of nitrogens with zero attached hydrogens (tertiary/aromatic N) is 1. The van der Waals surface area contributed by atoms with Gasteiger partial charge in [0.15, 0.2) is 0 Å². The molecule has 1 aromatic rings. The van der Waals surface area contributed by atoms with Gasteiger partial charge in [-0.2, -0.15) is 0 Å². The van der Waals surface area contributed by atoms with Gasteiger partial charge in [-0.1, -0.05) is 19.3 Å². The van der Waals surface area contributed by atoms with Crippen molar-refractivity contribution in [2.45, 2.75) is 44.9 Å². The molecule has 3 amide bonds. The van der Waals surface area contributed by atoms with Crippen LogP contribution in [0.3, 0.4) is 0 Å². The Morgan fingerprint density at radius 2 is 1.74 bits per heavy atom. The second kappa shape index (κ2) is 7.21. The van der Waals surface area contributed by atoms with Gasteiger partial charge in [0.25, 0.3) is 0 Å². The summed E-state index contributed by atoms with van der Waals surface area (Å²) in [7, 11) is 0. The van der Waals surface area contributed by atoms with Crippen LogP contribution in [0, 0.1) is 5.41 Å². The van der Waals surface area contributed by atoms with Gasteiger partial charge in [0.2, 0.25) is 17.7 Å². The monoisotopic (exact) mass is 384 g/mol. The number of alkyl halides is 3. The number of hydrogen-bond donors (Lipinski definition) is 1. The van der Waals surface area contributed by atoms with Crippen molar-refractivity contribution in [1.82, 2.24) is 4.90 Å². The predicted octanol–water partition coefficient (Wildman–Crippen LogP) is 3.23. The van der Waals surface area contributed by atoms with Gasteiger partial charge < -0.3 is 10.1 Å². The number of carbonyl (C=O) groups is 3. The van der Waals surface area contributed by atoms with Gasteiger partial charge in [-0.3, -0.25) is 19.3 Å². The number of carbonyl (C=O) groups excluding carboxylic acids is 3. The lowest BCUT2D eigenvalue weighted by molar-refractivity contribution is -0.274. The zero-order valence-electron chi connectivity index (χ0n) is 14.5. The third kappa shape index (κ3) is 4.40. The van der Waals surface area contributed by atoms with E-state index in [1.54, 1.807) is 0 Å². The lowest BCUT2D eigenvalue weighted by atomic mass is 9.73. The van der Waals surface area contributed by atoms with Crippen LogP contribution in [-0.2, 0) is 14.4 Å². The SMILES string of the molecule is O=C(CN1C(=O)CC2(CCCCC2)C1=O)Nc1ccc(OC(F)(F)F)cc1. The summed E-state index contributed by atoms with van der Waals surface area (Å²) in [5.41, 5.74) is -0.423. The molecule has 6 nitrogen and oxygen atoms in total. The molecule has 1 heterocycles. The highest BCUT2D eigenvalue weighted by atomic mass is 19.4. The molecule has 1 saturated carbocycles. The number of nitrogens with one attached hydrogen (secondary N) is 1. The summed E-state index contributed by atoms with van der Waals surface area (Å²) >= 11 is 0. The summed E-state index contributed by atoms with van der Waals surface area (Å²) in [4.78, 5) is 38.0. The lowest BCUT2D eigenvalue weighted by Gasteiger charge is -2.30. The minimum atomic E-state index is -4.80. The van der Waals surface area contributed by atoms with Crippen molar-refractivity contribution < 1.29 is 32.3 Å². The summed E-state index contributed by atoms with van der Waals surface area (Å²) in [6.45, 7) is -0.403. The van der Waals surface area contributed by atoms with Gasteiger partial charge in [-0.25, -0.2) is 0 Å². The summed E-state index contributed by atoms with van der Waals surface area (Å²) in [5, 5.41) is 2.47. The molecule has 0 radical (unpaired) electrons. The second-order valence-electron chi connectivity index (χ2n) is 6.92. The maximum atomic E-state index is 12.7. The van der Waals surface area contributed by atoms with Crippen molar-refractivity contribution in [2.75, 3.05) is 11.9 Å². The third-order valence-corrected chi connectivity index (χ3v) is 4.97. The highest BCUT2D eigenvalue weighted by Crippen LogP contribution is 2.45. The van der Waals surface area contributed by atoms with Gasteiger partial charge in [0.1, 0.15) is 12.3 Å². The smallest absolute Gasteiger partial charge is 0.406 e. The molecule has 1 aliphatic heterocycles. The van der Waals surface area contributed by atoms with E-state index >= 15 is 0 Å². The molecule has 0 atom stereocenters. The van der Waals surface area contributed by atoms with Crippen molar-refractivity contribution in [3.05, 3.63) is 24.3 Å². The highest BCUT2D eigenvalue weighted by Gasteiger charge is 2.51. The molecule has 0 unspecified atom stereocenters. The Bertz CT molecular complexity index is 740. The predicted molar refractivity (Wildman–Crippen MR) is 88.6 cm³/mol. The van der Waals surface area contributed by atoms with Crippen LogP contribution in [-0.4, -0.2) is 35.5 Å². The van der Waals surface area contributed by atoms with E-state index in [2.05, 4.69) is 10.1 Å². The molecule has 2 aliphatic rings. The molecule has 0 bridgehead atoms. The molecule has 1 aliphatic carbocycles. The fourth-order valence-corrected chi connectivity index (χ4v) is 3.72. The number of halogens is 3. The average Bonchev–Trinajstić information content (AvgIpc) is 2.80. The topological polar surface area (TPSA) is 75.7 Å². The normalized spacial score (nSPS) is 19.4. The van der Waals surface area contributed by atoms with E-state index in [0.717, 1.165) is 36.3 Å². The molecule has 1 aromatic carbocycles. The molecule has 146 valence electrons. The minimum absolute atomic E-state index is 0.141. The molecule has 3 rings (SSSR count). The number of rotatable bonds is 4. The van der Waals surface area contributed by atoms with Gasteiger partial charge in [-0.15, -0.1) is 13.2 Å². The maximum absolute atomic E-state index is 12.7. The second-order valence-corrected chi connectivity index (χ2v) is 6.92. The zero-order valence-corrected chi connectivity index (χ0v) is 14.5. The highest BCUT2D eigenvalue weighted by molar-refractivity contribution is 6.09. The van der Waals surface area contributed by atoms with Crippen LogP contribution in [0.15, 0.2) is 24.3 Å². The molecular formula is C18H19F3N2O4. The van der Waals surface area contributed by atoms with E-state index in [-0.39, 0.29) is 23.9 Å². The Labute approximate surface area is 153 Å².